The van der Waals surface area contributed by atoms with Crippen molar-refractivity contribution < 1.29 is 23.3 Å². The van der Waals surface area contributed by atoms with Crippen LogP contribution in [0.4, 0.5) is 15.9 Å². The summed E-state index contributed by atoms with van der Waals surface area (Å²) in [6.45, 7) is 1.87. The van der Waals surface area contributed by atoms with E-state index < -0.39 is 0 Å². The summed E-state index contributed by atoms with van der Waals surface area (Å²) >= 11 is 0. The molecule has 0 aliphatic heterocycles. The zero-order chi connectivity index (χ0) is 24.1. The van der Waals surface area contributed by atoms with Gasteiger partial charge in [0.05, 0.1) is 21.3 Å². The molecule has 0 unspecified atom stereocenters. The Morgan fingerprint density at radius 3 is 2.26 bits per heavy atom. The van der Waals surface area contributed by atoms with Crippen LogP contribution < -0.4 is 24.3 Å². The van der Waals surface area contributed by atoms with Crippen molar-refractivity contribution in [2.24, 2.45) is 0 Å². The van der Waals surface area contributed by atoms with Gasteiger partial charge in [0.15, 0.2) is 17.2 Å². The number of pyridine rings is 2. The highest BCUT2D eigenvalue weighted by molar-refractivity contribution is 5.69. The maximum atomic E-state index is 13.8. The van der Waals surface area contributed by atoms with Gasteiger partial charge < -0.3 is 24.3 Å². The van der Waals surface area contributed by atoms with Crippen molar-refractivity contribution in [3.63, 3.8) is 0 Å². The summed E-state index contributed by atoms with van der Waals surface area (Å²) < 4.78 is 36.1. The highest BCUT2D eigenvalue weighted by Gasteiger charge is 2.15. The van der Waals surface area contributed by atoms with Gasteiger partial charge in [-0.1, -0.05) is 12.1 Å². The Hall–Kier alpha value is -4.33. The van der Waals surface area contributed by atoms with Crippen LogP contribution in [0.3, 0.4) is 0 Å². The quantitative estimate of drug-likeness (QED) is 0.337. The van der Waals surface area contributed by atoms with E-state index in [0.29, 0.717) is 51.5 Å². The lowest BCUT2D eigenvalue weighted by Crippen LogP contribution is -1.99. The van der Waals surface area contributed by atoms with Crippen LogP contribution in [-0.2, 0) is 0 Å². The molecule has 0 atom stereocenters. The number of aryl methyl sites for hydroxylation is 1. The molecule has 0 amide bonds. The van der Waals surface area contributed by atoms with E-state index in [9.17, 15) is 4.39 Å². The fourth-order valence-corrected chi connectivity index (χ4v) is 3.44. The maximum Gasteiger partial charge on any atom is 0.203 e. The molecule has 0 fully saturated rings. The standard InChI is InChI=1S/C26H24FN3O4/c1-16-8-9-21(25(29-16)17-6-5-7-18(27)12-17)34-20-10-11-28-24(15-20)30-19-13-22(31-2)26(33-4)23(14-19)32-3/h5-15H,1-4H3,(H,28,30). The van der Waals surface area contributed by atoms with Crippen LogP contribution in [-0.4, -0.2) is 31.3 Å². The number of benzene rings is 2. The second kappa shape index (κ2) is 10.1. The van der Waals surface area contributed by atoms with Crippen molar-refractivity contribution in [1.29, 1.82) is 0 Å². The van der Waals surface area contributed by atoms with E-state index in [1.165, 1.54) is 12.1 Å². The average Bonchev–Trinajstić information content (AvgIpc) is 2.84. The Balaban J connectivity index is 1.63. The lowest BCUT2D eigenvalue weighted by molar-refractivity contribution is 0.324. The van der Waals surface area contributed by atoms with Gasteiger partial charge in [0, 0.05) is 41.3 Å². The smallest absolute Gasteiger partial charge is 0.203 e. The molecule has 2 aromatic heterocycles. The van der Waals surface area contributed by atoms with Crippen LogP contribution in [0.2, 0.25) is 0 Å². The van der Waals surface area contributed by atoms with Crippen molar-refractivity contribution in [3.05, 3.63) is 78.4 Å². The van der Waals surface area contributed by atoms with Crippen LogP contribution in [0, 0.1) is 12.7 Å². The van der Waals surface area contributed by atoms with E-state index in [4.69, 9.17) is 18.9 Å². The molecular formula is C26H24FN3O4. The van der Waals surface area contributed by atoms with Crippen molar-refractivity contribution in [2.45, 2.75) is 6.92 Å². The van der Waals surface area contributed by atoms with E-state index in [0.717, 1.165) is 5.69 Å². The third-order valence-electron chi connectivity index (χ3n) is 4.99. The molecule has 2 heterocycles. The number of hydrogen-bond acceptors (Lipinski definition) is 7. The summed E-state index contributed by atoms with van der Waals surface area (Å²) in [5.41, 5.74) is 2.67. The number of rotatable bonds is 8. The summed E-state index contributed by atoms with van der Waals surface area (Å²) in [6.07, 6.45) is 1.62. The topological polar surface area (TPSA) is 74.7 Å². The zero-order valence-corrected chi connectivity index (χ0v) is 19.3. The molecule has 0 saturated heterocycles. The summed E-state index contributed by atoms with van der Waals surface area (Å²) in [6, 6.07) is 17.0. The number of nitrogens with one attached hydrogen (secondary N) is 1. The average molecular weight is 461 g/mol. The molecule has 8 heteroatoms. The first-order chi connectivity index (χ1) is 16.5. The number of halogens is 1. The number of methoxy groups -OCH3 is 3. The third kappa shape index (κ3) is 5.01. The number of hydrogen-bond donors (Lipinski definition) is 1. The monoisotopic (exact) mass is 461 g/mol. The highest BCUT2D eigenvalue weighted by Crippen LogP contribution is 2.41. The van der Waals surface area contributed by atoms with Crippen LogP contribution in [0.25, 0.3) is 11.3 Å². The van der Waals surface area contributed by atoms with Gasteiger partial charge in [0.2, 0.25) is 5.75 Å². The van der Waals surface area contributed by atoms with Gasteiger partial charge in [-0.05, 0) is 37.3 Å². The van der Waals surface area contributed by atoms with Gasteiger partial charge in [0.25, 0.3) is 0 Å². The molecule has 7 nitrogen and oxygen atoms in total. The number of anilines is 2. The first-order valence-electron chi connectivity index (χ1n) is 10.4. The second-order valence-electron chi connectivity index (χ2n) is 7.33. The Bertz CT molecular complexity index is 1290. The highest BCUT2D eigenvalue weighted by atomic mass is 19.1. The molecule has 34 heavy (non-hydrogen) atoms. The number of aromatic nitrogens is 2. The molecule has 1 N–H and O–H groups in total. The third-order valence-corrected chi connectivity index (χ3v) is 4.99. The molecule has 4 rings (SSSR count). The lowest BCUT2D eigenvalue weighted by Gasteiger charge is -2.15. The predicted octanol–water partition coefficient (Wildman–Crippen LogP) is 6.15. The fraction of sp³-hybridized carbons (Fsp3) is 0.154. The van der Waals surface area contributed by atoms with Crippen molar-refractivity contribution in [2.75, 3.05) is 26.6 Å². The summed E-state index contributed by atoms with van der Waals surface area (Å²) in [7, 11) is 4.66. The van der Waals surface area contributed by atoms with Crippen LogP contribution in [0.5, 0.6) is 28.7 Å². The Morgan fingerprint density at radius 2 is 1.59 bits per heavy atom. The molecule has 0 radical (unpaired) electrons. The molecule has 0 aliphatic rings. The minimum Gasteiger partial charge on any atom is -0.493 e. The summed E-state index contributed by atoms with van der Waals surface area (Å²) in [5.74, 6) is 2.77. The molecule has 0 spiro atoms. The Labute approximate surface area is 197 Å². The lowest BCUT2D eigenvalue weighted by atomic mass is 10.1. The largest absolute Gasteiger partial charge is 0.493 e. The van der Waals surface area contributed by atoms with Gasteiger partial charge in [-0.25, -0.2) is 14.4 Å². The molecule has 4 aromatic rings. The molecule has 0 aliphatic carbocycles. The molecule has 0 saturated carbocycles. The minimum absolute atomic E-state index is 0.340. The van der Waals surface area contributed by atoms with E-state index in [2.05, 4.69) is 15.3 Å². The van der Waals surface area contributed by atoms with E-state index in [-0.39, 0.29) is 5.82 Å². The zero-order valence-electron chi connectivity index (χ0n) is 19.3. The van der Waals surface area contributed by atoms with Gasteiger partial charge in [-0.2, -0.15) is 0 Å². The number of ether oxygens (including phenoxy) is 4. The molecule has 2 aromatic carbocycles. The van der Waals surface area contributed by atoms with E-state index >= 15 is 0 Å². The van der Waals surface area contributed by atoms with Gasteiger partial charge >= 0.3 is 0 Å². The van der Waals surface area contributed by atoms with Crippen LogP contribution >= 0.6 is 0 Å². The first kappa shape index (κ1) is 22.8. The molecular weight excluding hydrogens is 437 g/mol. The molecule has 0 bridgehead atoms. The van der Waals surface area contributed by atoms with Crippen LogP contribution in [0.1, 0.15) is 5.69 Å². The predicted molar refractivity (Wildman–Crippen MR) is 128 cm³/mol. The van der Waals surface area contributed by atoms with Crippen molar-refractivity contribution in [3.8, 4) is 40.0 Å². The van der Waals surface area contributed by atoms with Gasteiger partial charge in [-0.3, -0.25) is 0 Å². The van der Waals surface area contributed by atoms with E-state index in [1.54, 1.807) is 63.9 Å². The fourth-order valence-electron chi connectivity index (χ4n) is 3.44. The SMILES string of the molecule is COc1cc(Nc2cc(Oc3ccc(C)nc3-c3cccc(F)c3)ccn2)cc(OC)c1OC. The van der Waals surface area contributed by atoms with Crippen molar-refractivity contribution >= 4 is 11.5 Å². The normalized spacial score (nSPS) is 10.5. The van der Waals surface area contributed by atoms with Crippen molar-refractivity contribution in [1.82, 2.24) is 9.97 Å². The Kier molecular flexibility index (Phi) is 6.77. The van der Waals surface area contributed by atoms with Gasteiger partial charge in [0.1, 0.15) is 23.1 Å². The first-order valence-corrected chi connectivity index (χ1v) is 10.4. The summed E-state index contributed by atoms with van der Waals surface area (Å²) in [5, 5.41) is 3.22. The summed E-state index contributed by atoms with van der Waals surface area (Å²) in [4.78, 5) is 8.93. The van der Waals surface area contributed by atoms with Crippen LogP contribution in [0.15, 0.2) is 66.9 Å². The minimum atomic E-state index is -0.340. The van der Waals surface area contributed by atoms with Gasteiger partial charge in [-0.15, -0.1) is 0 Å². The molecule has 174 valence electrons. The van der Waals surface area contributed by atoms with E-state index in [1.807, 2.05) is 19.1 Å². The number of nitrogens with zero attached hydrogens (tertiary/aromatic N) is 2. The maximum absolute atomic E-state index is 13.8. The Morgan fingerprint density at radius 1 is 0.824 bits per heavy atom. The second-order valence-corrected chi connectivity index (χ2v) is 7.33.